The molecule has 5 aromatic carbocycles. The van der Waals surface area contributed by atoms with Crippen LogP contribution in [0.25, 0.3) is 11.1 Å². The molecular weight excluding hydrogens is 810 g/mol. The highest BCUT2D eigenvalue weighted by Gasteiger charge is 2.48. The predicted molar refractivity (Wildman–Crippen MR) is 243 cm³/mol. The molecule has 5 aromatic rings. The molecule has 0 saturated heterocycles. The molecule has 1 aliphatic heterocycles. The van der Waals surface area contributed by atoms with E-state index in [1.165, 1.54) is 0 Å². The van der Waals surface area contributed by atoms with E-state index in [0.717, 1.165) is 68.7 Å². The third-order valence-corrected chi connectivity index (χ3v) is 11.9. The topological polar surface area (TPSA) is 68.8 Å². The molecule has 1 aliphatic rings. The number of carbonyl (C=O) groups is 1. The van der Waals surface area contributed by atoms with Gasteiger partial charge in [-0.2, -0.15) is 0 Å². The zero-order valence-corrected chi connectivity index (χ0v) is 37.0. The van der Waals surface area contributed by atoms with Crippen molar-refractivity contribution in [2.45, 2.75) is 72.1 Å². The number of hydrogen-bond donors (Lipinski definition) is 2. The summed E-state index contributed by atoms with van der Waals surface area (Å²) in [4.78, 5) is 14.4. The van der Waals surface area contributed by atoms with Gasteiger partial charge < -0.3 is 24.8 Å². The lowest BCUT2D eigenvalue weighted by atomic mass is 9.82. The lowest BCUT2D eigenvalue weighted by Gasteiger charge is -2.29. The Balaban J connectivity index is 1.82. The fraction of sp³-hybridized carbons (Fsp3) is 0.271. The van der Waals surface area contributed by atoms with Crippen LogP contribution < -0.4 is 20.1 Å². The Morgan fingerprint density at radius 3 is 1.43 bits per heavy atom. The average Bonchev–Trinajstić information content (AvgIpc) is 3.51. The summed E-state index contributed by atoms with van der Waals surface area (Å²) in [6.45, 7) is 12.6. The number of fused-ring (bicyclic) bond motifs is 1. The minimum atomic E-state index is -1.69. The number of cyclic esters (lactones) is 1. The maximum atomic E-state index is 14.4. The molecule has 0 unspecified atom stereocenters. The number of nitrogens with one attached hydrogen (secondary N) is 2. The van der Waals surface area contributed by atoms with E-state index in [1.54, 1.807) is 14.2 Å². The van der Waals surface area contributed by atoms with Gasteiger partial charge >= 0.3 is 5.97 Å². The van der Waals surface area contributed by atoms with Gasteiger partial charge in [0.25, 0.3) is 0 Å². The second-order valence-corrected chi connectivity index (χ2v) is 16.3. The number of hydrogen-bond acceptors (Lipinski definition) is 6. The summed E-state index contributed by atoms with van der Waals surface area (Å²) < 4.78 is 17.8. The standard InChI is InChI=1S/C48H48Cl4N2O4/c1-9-29-11-21-35(39(23-29)53-27(3)4)37(31-13-17-33(56-7)18-14-31)25-48(42-41(47(55)58-48)43(49)45(51)46(52)44(42)50)26-38(32-15-19-34(57-8)20-16-32)36-22-12-30(10-2)24-40(36)54-28(5)6/h11-28,53-54H,9-10H2,1-8H3. The molecular formula is C48H48Cl4N2O4. The highest BCUT2D eigenvalue weighted by molar-refractivity contribution is 6.53. The van der Waals surface area contributed by atoms with Gasteiger partial charge in [0.2, 0.25) is 0 Å². The first-order valence-corrected chi connectivity index (χ1v) is 20.9. The summed E-state index contributed by atoms with van der Waals surface area (Å²) in [5.74, 6) is 0.687. The minimum Gasteiger partial charge on any atom is -0.497 e. The molecule has 0 fully saturated rings. The molecule has 0 aromatic heterocycles. The van der Waals surface area contributed by atoms with Gasteiger partial charge in [0.05, 0.1) is 39.9 Å². The van der Waals surface area contributed by atoms with Gasteiger partial charge in [-0.3, -0.25) is 0 Å². The van der Waals surface area contributed by atoms with Crippen LogP contribution in [0.4, 0.5) is 11.4 Å². The maximum absolute atomic E-state index is 14.4. The fourth-order valence-electron chi connectivity index (χ4n) is 7.25. The first kappa shape index (κ1) is 43.0. The Kier molecular flexibility index (Phi) is 13.4. The SMILES string of the molecule is CCc1ccc(C(=CC2(C=C(c3ccc(OC)cc3)c3ccc(CC)cc3NC(C)C)OC(=O)c3c(Cl)c(Cl)c(Cl)c(Cl)c32)c2ccc(OC)cc2)c(NC(C)C)c1. The van der Waals surface area contributed by atoms with Crippen LogP contribution in [0.5, 0.6) is 11.5 Å². The van der Waals surface area contributed by atoms with Crippen molar-refractivity contribution < 1.29 is 19.0 Å². The molecule has 10 heteroatoms. The molecule has 0 bridgehead atoms. The Bertz CT molecular complexity index is 2260. The quantitative estimate of drug-likeness (QED) is 0.0659. The van der Waals surface area contributed by atoms with Crippen LogP contribution >= 0.6 is 46.4 Å². The van der Waals surface area contributed by atoms with E-state index in [4.69, 9.17) is 60.6 Å². The van der Waals surface area contributed by atoms with Crippen molar-refractivity contribution in [2.75, 3.05) is 24.9 Å². The normalized spacial score (nSPS) is 15.4. The summed E-state index contributed by atoms with van der Waals surface area (Å²) in [6.07, 6.45) is 5.57. The number of ether oxygens (including phenoxy) is 3. The fourth-order valence-corrected chi connectivity index (χ4v) is 8.32. The lowest BCUT2D eigenvalue weighted by molar-refractivity contribution is 0.0300. The van der Waals surface area contributed by atoms with Crippen LogP contribution in [0.15, 0.2) is 97.1 Å². The second-order valence-electron chi connectivity index (χ2n) is 14.8. The number of aryl methyl sites for hydroxylation is 2. The van der Waals surface area contributed by atoms with Crippen LogP contribution in [0, 0.1) is 0 Å². The maximum Gasteiger partial charge on any atom is 0.341 e. The number of halogens is 4. The lowest BCUT2D eigenvalue weighted by Crippen LogP contribution is -2.24. The molecule has 2 N–H and O–H groups in total. The van der Waals surface area contributed by atoms with Gasteiger partial charge in [-0.1, -0.05) is 109 Å². The van der Waals surface area contributed by atoms with Gasteiger partial charge in [0.1, 0.15) is 11.5 Å². The van der Waals surface area contributed by atoms with Crippen LogP contribution in [0.3, 0.4) is 0 Å². The van der Waals surface area contributed by atoms with E-state index >= 15 is 0 Å². The number of carbonyl (C=O) groups excluding carboxylic acids is 1. The van der Waals surface area contributed by atoms with Crippen molar-refractivity contribution in [2.24, 2.45) is 0 Å². The highest BCUT2D eigenvalue weighted by Crippen LogP contribution is 2.54. The molecule has 6 rings (SSSR count). The first-order chi connectivity index (χ1) is 27.7. The van der Waals surface area contributed by atoms with Crippen molar-refractivity contribution in [3.05, 3.63) is 162 Å². The number of anilines is 2. The largest absolute Gasteiger partial charge is 0.497 e. The van der Waals surface area contributed by atoms with Crippen molar-refractivity contribution in [1.29, 1.82) is 0 Å². The Hall–Kier alpha value is -4.59. The summed E-state index contributed by atoms with van der Waals surface area (Å²) in [7, 11) is 3.26. The average molecular weight is 859 g/mol. The van der Waals surface area contributed by atoms with Crippen LogP contribution in [-0.4, -0.2) is 32.3 Å². The highest BCUT2D eigenvalue weighted by atomic mass is 35.5. The van der Waals surface area contributed by atoms with Crippen molar-refractivity contribution in [3.8, 4) is 11.5 Å². The molecule has 302 valence electrons. The zero-order valence-electron chi connectivity index (χ0n) is 34.0. The number of esters is 1. The van der Waals surface area contributed by atoms with Crippen molar-refractivity contribution in [1.82, 2.24) is 0 Å². The molecule has 0 atom stereocenters. The Morgan fingerprint density at radius 1 is 0.638 bits per heavy atom. The van der Waals surface area contributed by atoms with Gasteiger partial charge in [-0.15, -0.1) is 0 Å². The summed E-state index contributed by atoms with van der Waals surface area (Å²) in [6, 6.07) is 28.5. The van der Waals surface area contributed by atoms with E-state index in [0.29, 0.717) is 11.5 Å². The summed E-state index contributed by atoms with van der Waals surface area (Å²) in [5, 5.41) is 7.33. The number of rotatable bonds is 14. The Morgan fingerprint density at radius 2 is 1.05 bits per heavy atom. The number of benzene rings is 5. The van der Waals surface area contributed by atoms with Gasteiger partial charge in [-0.25, -0.2) is 4.79 Å². The Labute approximate surface area is 362 Å². The molecule has 0 spiro atoms. The zero-order chi connectivity index (χ0) is 41.9. The predicted octanol–water partition coefficient (Wildman–Crippen LogP) is 13.7. The second kappa shape index (κ2) is 18.1. The number of methoxy groups -OCH3 is 2. The molecule has 0 saturated carbocycles. The van der Waals surface area contributed by atoms with Gasteiger partial charge in [0.15, 0.2) is 5.60 Å². The van der Waals surface area contributed by atoms with E-state index in [9.17, 15) is 4.79 Å². The summed E-state index contributed by atoms with van der Waals surface area (Å²) in [5.41, 5.74) is 7.67. The van der Waals surface area contributed by atoms with E-state index in [1.807, 2.05) is 60.7 Å². The molecule has 0 aliphatic carbocycles. The van der Waals surface area contributed by atoms with Gasteiger partial charge in [-0.05, 0) is 122 Å². The van der Waals surface area contributed by atoms with Crippen LogP contribution in [0.2, 0.25) is 20.1 Å². The molecule has 6 nitrogen and oxygen atoms in total. The third kappa shape index (κ3) is 8.72. The van der Waals surface area contributed by atoms with Gasteiger partial charge in [0, 0.05) is 40.1 Å². The van der Waals surface area contributed by atoms with Crippen molar-refractivity contribution >= 4 is 74.9 Å². The third-order valence-electron chi connectivity index (χ3n) is 10.1. The van der Waals surface area contributed by atoms with E-state index < -0.39 is 11.6 Å². The molecule has 0 amide bonds. The minimum absolute atomic E-state index is 0.0116. The molecule has 1 heterocycles. The van der Waals surface area contributed by atoms with Crippen LogP contribution in [0.1, 0.15) is 90.8 Å². The molecule has 0 radical (unpaired) electrons. The first-order valence-electron chi connectivity index (χ1n) is 19.4. The van der Waals surface area contributed by atoms with E-state index in [2.05, 4.69) is 88.6 Å². The van der Waals surface area contributed by atoms with E-state index in [-0.39, 0.29) is 43.3 Å². The van der Waals surface area contributed by atoms with Crippen LogP contribution in [-0.2, 0) is 23.2 Å². The summed E-state index contributed by atoms with van der Waals surface area (Å²) >= 11 is 27.7. The molecule has 58 heavy (non-hydrogen) atoms. The smallest absolute Gasteiger partial charge is 0.341 e. The van der Waals surface area contributed by atoms with Crippen molar-refractivity contribution in [3.63, 3.8) is 0 Å². The monoisotopic (exact) mass is 856 g/mol.